The number of morpholine rings is 2. The number of carbonyl (C=O) groups excluding carboxylic acids is 2. The van der Waals surface area contributed by atoms with Crippen molar-refractivity contribution in [2.45, 2.75) is 119 Å². The Kier molecular flexibility index (Phi) is 33.0. The number of rotatable bonds is 35. The van der Waals surface area contributed by atoms with Crippen LogP contribution in [0, 0.1) is 34.6 Å². The molecule has 2 amide bonds. The van der Waals surface area contributed by atoms with Gasteiger partial charge in [-0.15, -0.1) is 0 Å². The molecule has 3 aliphatic rings. The Bertz CT molecular complexity index is 7920. The zero-order valence-corrected chi connectivity index (χ0v) is 89.5. The van der Waals surface area contributed by atoms with Gasteiger partial charge in [0.2, 0.25) is 11.8 Å². The number of aromatic nitrogens is 30. The fourth-order valence-electron chi connectivity index (χ4n) is 17.7. The van der Waals surface area contributed by atoms with E-state index in [1.807, 2.05) is 195 Å². The Morgan fingerprint density at radius 3 is 0.886 bits per heavy atom. The number of nitrogens with zero attached hydrogens (tertiary/aromatic N) is 32. The number of carbonyl (C=O) groups is 2. The SMILES string of the molecule is CC(=O)NCCCNc1nc(Cc2cc(C)ns2)nc2ccn(-c3cnn(C)c3)c12.CC(=O)NCCNc1nc(Cc2cc(C)ns2)nc2ccn(-c3cnn(C)c3)c12.Cc1cc(Cc2nc(NC3CCC3)c3c(ccn3-c3cnn(C)c3)n2)sn1.Cc1cc(Cc2nc(NCCCN3CCOCC3)c3c(ccn3-c3cnn(C)c3)n2)sn1.Cc1cc(Cc2nc(NCCN3CCOCC3)c3c(ccn3-c3cnn(C)c3)n2)sn1. The van der Waals surface area contributed by atoms with Crippen LogP contribution in [-0.2, 0) is 86.4 Å². The Hall–Kier alpha value is -14.9. The van der Waals surface area contributed by atoms with Gasteiger partial charge in [-0.3, -0.25) is 42.8 Å². The van der Waals surface area contributed by atoms with Crippen molar-refractivity contribution in [3.63, 3.8) is 0 Å². The van der Waals surface area contributed by atoms with Gasteiger partial charge < -0.3 is 69.5 Å². The van der Waals surface area contributed by atoms with Crippen molar-refractivity contribution < 1.29 is 19.1 Å². The summed E-state index contributed by atoms with van der Waals surface area (Å²) in [4.78, 5) is 81.3. The van der Waals surface area contributed by atoms with E-state index in [4.69, 9.17) is 59.3 Å². The molecule has 149 heavy (non-hydrogen) atoms. The minimum Gasteiger partial charge on any atom is -0.379 e. The summed E-state index contributed by atoms with van der Waals surface area (Å²) < 4.78 is 52.0. The minimum atomic E-state index is -0.0559. The van der Waals surface area contributed by atoms with E-state index < -0.39 is 0 Å². The van der Waals surface area contributed by atoms with E-state index in [9.17, 15) is 9.59 Å². The predicted molar refractivity (Wildman–Crippen MR) is 583 cm³/mol. The molecule has 0 aromatic carbocycles. The second kappa shape index (κ2) is 47.9. The third kappa shape index (κ3) is 26.4. The minimum absolute atomic E-state index is 0.0213. The zero-order valence-electron chi connectivity index (χ0n) is 85.4. The third-order valence-corrected chi connectivity index (χ3v) is 29.3. The fourth-order valence-corrected chi connectivity index (χ4v) is 21.3. The van der Waals surface area contributed by atoms with Crippen LogP contribution in [0.25, 0.3) is 83.6 Å². The summed E-state index contributed by atoms with van der Waals surface area (Å²) in [6.45, 7) is 26.3. The first-order chi connectivity index (χ1) is 72.4. The van der Waals surface area contributed by atoms with Gasteiger partial charge in [0.15, 0.2) is 29.1 Å². The summed E-state index contributed by atoms with van der Waals surface area (Å²) in [6, 6.07) is 21.1. The number of fused-ring (bicyclic) bond motifs is 5. The Labute approximate surface area is 880 Å². The van der Waals surface area contributed by atoms with Crippen molar-refractivity contribution in [1.29, 1.82) is 0 Å². The van der Waals surface area contributed by atoms with Crippen molar-refractivity contribution in [1.82, 2.24) is 164 Å². The van der Waals surface area contributed by atoms with Crippen molar-refractivity contribution >= 4 is 154 Å². The molecular formula is C101H121N39O4S5. The van der Waals surface area contributed by atoms with Crippen LogP contribution < -0.4 is 37.2 Å². The van der Waals surface area contributed by atoms with E-state index in [-0.39, 0.29) is 11.8 Å². The second-order valence-electron chi connectivity index (χ2n) is 37.0. The van der Waals surface area contributed by atoms with Crippen LogP contribution in [0.5, 0.6) is 0 Å². The number of ether oxygens (including phenoxy) is 2. The van der Waals surface area contributed by atoms with Gasteiger partial charge in [-0.1, -0.05) is 0 Å². The van der Waals surface area contributed by atoms with Crippen LogP contribution in [0.3, 0.4) is 0 Å². The van der Waals surface area contributed by atoms with Gasteiger partial charge in [0.1, 0.15) is 56.7 Å². The molecule has 23 rings (SSSR count). The molecule has 0 unspecified atom stereocenters. The van der Waals surface area contributed by atoms with Gasteiger partial charge in [-0.2, -0.15) is 47.4 Å². The van der Waals surface area contributed by atoms with E-state index in [2.05, 4.69) is 144 Å². The van der Waals surface area contributed by atoms with Crippen LogP contribution in [0.2, 0.25) is 0 Å². The molecule has 22 heterocycles. The smallest absolute Gasteiger partial charge is 0.216 e. The van der Waals surface area contributed by atoms with Crippen LogP contribution in [0.4, 0.5) is 29.1 Å². The van der Waals surface area contributed by atoms with Crippen molar-refractivity contribution in [2.24, 2.45) is 35.2 Å². The van der Waals surface area contributed by atoms with E-state index in [1.165, 1.54) is 105 Å². The molecule has 0 radical (unpaired) electrons. The lowest BCUT2D eigenvalue weighted by Crippen LogP contribution is -2.39. The molecular weight excluding hydrogens is 1980 g/mol. The first-order valence-corrected chi connectivity index (χ1v) is 53.6. The van der Waals surface area contributed by atoms with E-state index in [0.29, 0.717) is 64.3 Å². The molecule has 20 aromatic heterocycles. The summed E-state index contributed by atoms with van der Waals surface area (Å²) in [7, 11) is 9.54. The highest BCUT2D eigenvalue weighted by Crippen LogP contribution is 2.35. The summed E-state index contributed by atoms with van der Waals surface area (Å²) in [5.74, 6) is 7.96. The summed E-state index contributed by atoms with van der Waals surface area (Å²) in [6.07, 6.45) is 38.0. The van der Waals surface area contributed by atoms with Crippen LogP contribution >= 0.6 is 57.7 Å². The highest BCUT2D eigenvalue weighted by Gasteiger charge is 2.27. The van der Waals surface area contributed by atoms with Gasteiger partial charge in [0, 0.05) is 246 Å². The molecule has 7 N–H and O–H groups in total. The van der Waals surface area contributed by atoms with Crippen molar-refractivity contribution in [2.75, 3.05) is 132 Å². The lowest BCUT2D eigenvalue weighted by Gasteiger charge is -2.27. The molecule has 1 saturated carbocycles. The number of aryl methyl sites for hydroxylation is 10. The molecule has 20 aromatic rings. The monoisotopic (exact) mass is 2100 g/mol. The highest BCUT2D eigenvalue weighted by molar-refractivity contribution is 7.06. The molecule has 48 heteroatoms. The fraction of sp³-hybridized carbons (Fsp3) is 0.386. The van der Waals surface area contributed by atoms with Crippen molar-refractivity contribution in [3.05, 3.63) is 236 Å². The van der Waals surface area contributed by atoms with Crippen LogP contribution in [0.1, 0.15) is 128 Å². The molecule has 0 atom stereocenters. The molecule has 0 spiro atoms. The van der Waals surface area contributed by atoms with E-state index >= 15 is 0 Å². The topological polar surface area (TPSA) is 450 Å². The second-order valence-corrected chi connectivity index (χ2v) is 41.5. The normalized spacial score (nSPS) is 13.4. The Morgan fingerprint density at radius 2 is 0.611 bits per heavy atom. The van der Waals surface area contributed by atoms with Gasteiger partial charge in [0.25, 0.3) is 0 Å². The summed E-state index contributed by atoms with van der Waals surface area (Å²) in [5, 5.41) is 44.7. The molecule has 0 bridgehead atoms. The number of amides is 2. The Balaban J connectivity index is 0.000000117. The largest absolute Gasteiger partial charge is 0.379 e. The number of hydrogen-bond acceptors (Lipinski definition) is 36. The maximum Gasteiger partial charge on any atom is 0.216 e. The van der Waals surface area contributed by atoms with Crippen LogP contribution in [-0.4, -0.2) is 276 Å². The maximum atomic E-state index is 11.1. The number of anilines is 5. The van der Waals surface area contributed by atoms with Gasteiger partial charge >= 0.3 is 0 Å². The van der Waals surface area contributed by atoms with Crippen molar-refractivity contribution in [3.8, 4) is 28.4 Å². The quantitative estimate of drug-likeness (QED) is 0.0181. The first-order valence-electron chi connectivity index (χ1n) is 49.7. The summed E-state index contributed by atoms with van der Waals surface area (Å²) >= 11 is 7.50. The predicted octanol–water partition coefficient (Wildman–Crippen LogP) is 12.9. The van der Waals surface area contributed by atoms with Gasteiger partial charge in [-0.25, -0.2) is 49.8 Å². The number of nitrogens with one attached hydrogen (secondary N) is 7. The Morgan fingerprint density at radius 1 is 0.336 bits per heavy atom. The standard InChI is InChI=1S/C22H28N8OS.C21H26N8OS.C20H24N8OS.C19H22N8OS.C19H21N7S/c1-16-12-18(32-27-16)13-20-25-19-4-7-30(17-14-24-28(2)15-17)21(19)22(26-20)23-5-3-6-29-8-10-31-11-9-29;1-15-11-17(31-26-15)12-19-24-18-3-5-29(16-13-23-27(2)14-16)20(18)21(25-19)22-4-6-28-7-9-30-10-8-28;1-13-9-16(30-26-13)10-18-24-17-5-8-28(15-11-23-27(3)12-15)19(17)20(25-18)22-7-4-6-21-14(2)29;1-12-8-15(29-25-12)9-17-23-16-4-7-27(14-10-22-26(3)11-14)18(16)19(24-17)21-6-5-20-13(2)28;1-12-8-15(27-24-12)9-17-22-16-6-7-26(14-10-20-25(2)11-14)18(16)19(23-17)21-13-4-3-5-13/h4,7,12,14-15H,3,5-6,8-11,13H2,1-2H3,(H,23,25,26);3,5,11,13-14H,4,6-10,12H2,1-2H3,(H,22,24,25);5,8-9,11-12H,4,6-7,10H2,1-3H3,(H,21,29)(H,22,24,25);4,7-8,10-11H,5-6,9H2,1-3H3,(H,20,28)(H,21,23,24);6-8,10-11,13H,3-5,9H2,1-2H3,(H,21,22,23). The molecule has 3 fully saturated rings. The number of hydrogen-bond donors (Lipinski definition) is 7. The van der Waals surface area contributed by atoms with E-state index in [1.54, 1.807) is 24.9 Å². The third-order valence-electron chi connectivity index (χ3n) is 24.9. The molecule has 1 aliphatic carbocycles. The maximum absolute atomic E-state index is 11.1. The lowest BCUT2D eigenvalue weighted by molar-refractivity contribution is -0.119. The average Bonchev–Trinajstić information content (AvgIpc) is 1.67. The first kappa shape index (κ1) is 103. The molecule has 43 nitrogen and oxygen atoms in total. The molecule has 2 saturated heterocycles. The van der Waals surface area contributed by atoms with Gasteiger partial charge in [-0.05, 0) is 192 Å². The van der Waals surface area contributed by atoms with Crippen LogP contribution in [0.15, 0.2) is 154 Å². The zero-order chi connectivity index (χ0) is 103. The molecule has 2 aliphatic heterocycles. The highest BCUT2D eigenvalue weighted by atomic mass is 32.1. The van der Waals surface area contributed by atoms with Gasteiger partial charge in [0.05, 0.1) is 142 Å². The lowest BCUT2D eigenvalue weighted by atomic mass is 9.93. The van der Waals surface area contributed by atoms with E-state index in [0.717, 1.165) is 272 Å². The average molecular weight is 2110 g/mol. The summed E-state index contributed by atoms with van der Waals surface area (Å²) in [5.41, 5.74) is 19.3. The molecule has 774 valence electrons.